The fraction of sp³-hybridized carbons (Fsp3) is 0.158. The normalized spacial score (nSPS) is 11.0. The van der Waals surface area contributed by atoms with Crippen molar-refractivity contribution in [3.63, 3.8) is 0 Å². The summed E-state index contributed by atoms with van der Waals surface area (Å²) in [5.74, 6) is 1.77. The fourth-order valence-corrected chi connectivity index (χ4v) is 3.33. The van der Waals surface area contributed by atoms with Crippen LogP contribution < -0.4 is 14.0 Å². The molecule has 0 saturated carbocycles. The van der Waals surface area contributed by atoms with Gasteiger partial charge in [-0.3, -0.25) is 0 Å². The topological polar surface area (TPSA) is 76.8 Å². The third kappa shape index (κ3) is 2.96. The van der Waals surface area contributed by atoms with Crippen LogP contribution in [0.4, 0.5) is 0 Å². The first-order chi connectivity index (χ1) is 13.1. The predicted molar refractivity (Wildman–Crippen MR) is 102 cm³/mol. The van der Waals surface area contributed by atoms with Crippen LogP contribution in [0.5, 0.6) is 11.5 Å². The minimum atomic E-state index is 0.453. The number of ether oxygens (including phenoxy) is 2. The van der Waals surface area contributed by atoms with Gasteiger partial charge in [0.1, 0.15) is 5.69 Å². The molecule has 0 unspecified atom stereocenters. The minimum absolute atomic E-state index is 0.453. The van der Waals surface area contributed by atoms with Gasteiger partial charge in [-0.15, -0.1) is 0 Å². The van der Waals surface area contributed by atoms with Crippen LogP contribution in [0.25, 0.3) is 28.0 Å². The molecule has 4 rings (SSSR count). The molecule has 2 heterocycles. The van der Waals surface area contributed by atoms with Crippen LogP contribution in [0.3, 0.4) is 0 Å². The van der Waals surface area contributed by atoms with E-state index in [0.717, 1.165) is 27.7 Å². The Morgan fingerprint density at radius 2 is 1.70 bits per heavy atom. The maximum atomic E-state index is 6.09. The van der Waals surface area contributed by atoms with Crippen LogP contribution in [0.2, 0.25) is 5.02 Å². The van der Waals surface area contributed by atoms with Gasteiger partial charge in [-0.25, -0.2) is 0 Å². The van der Waals surface area contributed by atoms with Gasteiger partial charge in [-0.1, -0.05) is 16.8 Å². The summed E-state index contributed by atoms with van der Waals surface area (Å²) in [6.07, 6.45) is 0. The van der Waals surface area contributed by atoms with Crippen molar-refractivity contribution in [1.29, 1.82) is 0 Å². The number of H-pyrrole nitrogens is 1. The van der Waals surface area contributed by atoms with Gasteiger partial charge >= 0.3 is 5.95 Å². The highest BCUT2D eigenvalue weighted by Gasteiger charge is 2.24. The standard InChI is InChI=1S/C19H17ClN5O2/c1-11-8-13-9-16(26-2)17(27-3)10-15(13)18(12-4-6-14(20)7-5-12)25(11)19-21-23-24-22-19/h4-10H,1-3H3,(H,21,22,23,24)/q+1. The van der Waals surface area contributed by atoms with E-state index in [0.29, 0.717) is 22.5 Å². The van der Waals surface area contributed by atoms with E-state index in [1.807, 2.05) is 54.0 Å². The van der Waals surface area contributed by atoms with E-state index < -0.39 is 0 Å². The molecule has 4 aromatic rings. The molecule has 0 atom stereocenters. The minimum Gasteiger partial charge on any atom is -0.493 e. The van der Waals surface area contributed by atoms with Gasteiger partial charge in [0.05, 0.1) is 25.0 Å². The van der Waals surface area contributed by atoms with E-state index in [1.165, 1.54) is 0 Å². The third-order valence-corrected chi connectivity index (χ3v) is 4.66. The van der Waals surface area contributed by atoms with Gasteiger partial charge in [0, 0.05) is 26.3 Å². The van der Waals surface area contributed by atoms with E-state index in [-0.39, 0.29) is 0 Å². The molecule has 0 spiro atoms. The highest BCUT2D eigenvalue weighted by atomic mass is 35.5. The highest BCUT2D eigenvalue weighted by molar-refractivity contribution is 6.30. The number of hydrogen-bond donors (Lipinski definition) is 1. The number of tetrazole rings is 1. The average molecular weight is 383 g/mol. The van der Waals surface area contributed by atoms with E-state index in [1.54, 1.807) is 14.2 Å². The summed E-state index contributed by atoms with van der Waals surface area (Å²) >= 11 is 6.09. The number of aromatic amines is 1. The van der Waals surface area contributed by atoms with Crippen LogP contribution in [0.15, 0.2) is 42.5 Å². The van der Waals surface area contributed by atoms with Gasteiger partial charge in [0.15, 0.2) is 11.5 Å². The lowest BCUT2D eigenvalue weighted by Gasteiger charge is -2.15. The number of nitrogens with one attached hydrogen (secondary N) is 1. The van der Waals surface area contributed by atoms with Gasteiger partial charge in [0.2, 0.25) is 0 Å². The summed E-state index contributed by atoms with van der Waals surface area (Å²) in [7, 11) is 3.24. The molecule has 0 saturated heterocycles. The Morgan fingerprint density at radius 1 is 1.00 bits per heavy atom. The number of fused-ring (bicyclic) bond motifs is 1. The van der Waals surface area contributed by atoms with Crippen molar-refractivity contribution in [2.75, 3.05) is 14.2 Å². The third-order valence-electron chi connectivity index (χ3n) is 4.40. The lowest BCUT2D eigenvalue weighted by molar-refractivity contribution is -0.597. The Labute approximate surface area is 160 Å². The largest absolute Gasteiger partial charge is 0.493 e. The van der Waals surface area contributed by atoms with Crippen LogP contribution >= 0.6 is 11.6 Å². The Morgan fingerprint density at radius 3 is 2.33 bits per heavy atom. The summed E-state index contributed by atoms with van der Waals surface area (Å²) in [6, 6.07) is 13.6. The van der Waals surface area contributed by atoms with Crippen LogP contribution in [-0.2, 0) is 0 Å². The SMILES string of the molecule is COc1cc2cc(C)[n+](-c3nn[nH]n3)c(-c3ccc(Cl)cc3)c2cc1OC. The number of benzene rings is 2. The molecule has 7 nitrogen and oxygen atoms in total. The molecule has 0 bridgehead atoms. The molecule has 0 aliphatic heterocycles. The van der Waals surface area contributed by atoms with Crippen molar-refractivity contribution in [3.05, 3.63) is 53.2 Å². The van der Waals surface area contributed by atoms with Crippen LogP contribution in [0.1, 0.15) is 5.69 Å². The molecule has 27 heavy (non-hydrogen) atoms. The number of aryl methyl sites for hydroxylation is 1. The van der Waals surface area contributed by atoms with E-state index in [9.17, 15) is 0 Å². The second-order valence-corrected chi connectivity index (χ2v) is 6.42. The summed E-state index contributed by atoms with van der Waals surface area (Å²) in [5, 5.41) is 17.2. The molecule has 0 amide bonds. The zero-order valence-corrected chi connectivity index (χ0v) is 15.8. The van der Waals surface area contributed by atoms with Gasteiger partial charge in [-0.05, 0) is 54.8 Å². The lowest BCUT2D eigenvalue weighted by Crippen LogP contribution is -2.38. The first-order valence-corrected chi connectivity index (χ1v) is 8.61. The molecule has 8 heteroatoms. The van der Waals surface area contributed by atoms with Crippen molar-refractivity contribution in [1.82, 2.24) is 20.6 Å². The molecule has 2 aromatic carbocycles. The zero-order chi connectivity index (χ0) is 19.0. The second-order valence-electron chi connectivity index (χ2n) is 5.98. The summed E-state index contributed by atoms with van der Waals surface area (Å²) in [4.78, 5) is 0. The molecule has 0 aliphatic rings. The molecule has 0 radical (unpaired) electrons. The number of nitrogens with zero attached hydrogens (tertiary/aromatic N) is 4. The van der Waals surface area contributed by atoms with Crippen molar-refractivity contribution in [2.24, 2.45) is 0 Å². The van der Waals surface area contributed by atoms with E-state index in [4.69, 9.17) is 21.1 Å². The number of pyridine rings is 1. The Kier molecular flexibility index (Phi) is 4.37. The number of rotatable bonds is 4. The monoisotopic (exact) mass is 382 g/mol. The summed E-state index contributed by atoms with van der Waals surface area (Å²) in [6.45, 7) is 1.99. The van der Waals surface area contributed by atoms with E-state index >= 15 is 0 Å². The zero-order valence-electron chi connectivity index (χ0n) is 15.0. The van der Waals surface area contributed by atoms with Crippen molar-refractivity contribution in [2.45, 2.75) is 6.92 Å². The fourth-order valence-electron chi connectivity index (χ4n) is 3.21. The Hall–Kier alpha value is -3.19. The number of halogens is 1. The predicted octanol–water partition coefficient (Wildman–Crippen LogP) is 3.28. The van der Waals surface area contributed by atoms with Crippen molar-refractivity contribution < 1.29 is 14.0 Å². The maximum Gasteiger partial charge on any atom is 0.483 e. The second kappa shape index (κ2) is 6.85. The van der Waals surface area contributed by atoms with Crippen molar-refractivity contribution in [3.8, 4) is 28.7 Å². The number of methoxy groups -OCH3 is 2. The number of aromatic nitrogens is 5. The van der Waals surface area contributed by atoms with Crippen LogP contribution in [-0.4, -0.2) is 34.8 Å². The average Bonchev–Trinajstić information content (AvgIpc) is 3.21. The van der Waals surface area contributed by atoms with E-state index in [2.05, 4.69) is 20.6 Å². The molecule has 136 valence electrons. The molecule has 0 fully saturated rings. The molecular formula is C19H17ClN5O2+. The maximum absolute atomic E-state index is 6.09. The van der Waals surface area contributed by atoms with Crippen LogP contribution in [0, 0.1) is 6.92 Å². The number of hydrogen-bond acceptors (Lipinski definition) is 5. The molecule has 1 N–H and O–H groups in total. The molecule has 0 aliphatic carbocycles. The lowest BCUT2D eigenvalue weighted by atomic mass is 10.0. The summed E-state index contributed by atoms with van der Waals surface area (Å²) < 4.78 is 12.9. The smallest absolute Gasteiger partial charge is 0.483 e. The molecular weight excluding hydrogens is 366 g/mol. The highest BCUT2D eigenvalue weighted by Crippen LogP contribution is 2.36. The summed E-state index contributed by atoms with van der Waals surface area (Å²) in [5.41, 5.74) is 2.82. The first-order valence-electron chi connectivity index (χ1n) is 8.23. The van der Waals surface area contributed by atoms with Crippen molar-refractivity contribution >= 4 is 22.4 Å². The Balaban J connectivity index is 2.14. The van der Waals surface area contributed by atoms with Gasteiger partial charge in [-0.2, -0.15) is 4.57 Å². The Bertz CT molecular complexity index is 1110. The molecule has 2 aromatic heterocycles. The van der Waals surface area contributed by atoms with Gasteiger partial charge < -0.3 is 9.47 Å². The van der Waals surface area contributed by atoms with Gasteiger partial charge in [0.25, 0.3) is 0 Å². The quantitative estimate of drug-likeness (QED) is 0.548. The first kappa shape index (κ1) is 17.2.